The van der Waals surface area contributed by atoms with E-state index in [1.165, 1.54) is 0 Å². The van der Waals surface area contributed by atoms with Crippen LogP contribution >= 0.6 is 0 Å². The van der Waals surface area contributed by atoms with Crippen LogP contribution in [0.25, 0.3) is 0 Å². The first-order valence-corrected chi connectivity index (χ1v) is 8.07. The molecule has 6 heteroatoms. The fourth-order valence-corrected chi connectivity index (χ4v) is 3.01. The second kappa shape index (κ2) is 6.39. The van der Waals surface area contributed by atoms with Crippen LogP contribution in [0.2, 0.25) is 0 Å². The van der Waals surface area contributed by atoms with Crippen molar-refractivity contribution in [1.29, 1.82) is 0 Å². The highest BCUT2D eigenvalue weighted by molar-refractivity contribution is 5.98. The minimum absolute atomic E-state index is 0.0412. The molecular weight excluding hydrogens is 308 g/mol. The number of carbonyl (C=O) groups excluding carboxylic acids is 1. The van der Waals surface area contributed by atoms with Gasteiger partial charge in [-0.15, -0.1) is 0 Å². The molecule has 0 N–H and O–H groups in total. The zero-order valence-electron chi connectivity index (χ0n) is 13.2. The van der Waals surface area contributed by atoms with Gasteiger partial charge in [-0.25, -0.2) is 4.98 Å². The Kier molecular flexibility index (Phi) is 3.94. The fraction of sp³-hybridized carbons (Fsp3) is 0.333. The molecule has 0 saturated carbocycles. The van der Waals surface area contributed by atoms with E-state index in [4.69, 9.17) is 14.2 Å². The Morgan fingerprint density at radius 3 is 2.96 bits per heavy atom. The van der Waals surface area contributed by atoms with Crippen LogP contribution in [-0.2, 0) is 0 Å². The van der Waals surface area contributed by atoms with Gasteiger partial charge in [-0.05, 0) is 18.2 Å². The number of carbonyl (C=O) groups is 1. The van der Waals surface area contributed by atoms with Crippen molar-refractivity contribution in [2.45, 2.75) is 12.5 Å². The molecule has 0 spiro atoms. The normalized spacial score (nSPS) is 19.2. The first kappa shape index (κ1) is 14.8. The van der Waals surface area contributed by atoms with Crippen molar-refractivity contribution in [2.24, 2.45) is 0 Å². The van der Waals surface area contributed by atoms with Gasteiger partial charge in [-0.3, -0.25) is 4.79 Å². The zero-order valence-corrected chi connectivity index (χ0v) is 13.2. The second-order valence-corrected chi connectivity index (χ2v) is 5.78. The molecule has 1 atom stereocenters. The maximum atomic E-state index is 12.8. The summed E-state index contributed by atoms with van der Waals surface area (Å²) in [5.74, 6) is 1.71. The number of likely N-dealkylation sites (tertiary alicyclic amines) is 1. The highest BCUT2D eigenvalue weighted by atomic mass is 16.6. The van der Waals surface area contributed by atoms with Gasteiger partial charge in [-0.1, -0.05) is 12.1 Å². The van der Waals surface area contributed by atoms with E-state index in [9.17, 15) is 4.79 Å². The van der Waals surface area contributed by atoms with E-state index in [2.05, 4.69) is 4.98 Å². The van der Waals surface area contributed by atoms with E-state index < -0.39 is 0 Å². The van der Waals surface area contributed by atoms with E-state index in [0.717, 1.165) is 6.42 Å². The molecule has 1 saturated heterocycles. The standard InChI is InChI=1S/C18H18N2O4/c21-18(14-4-3-5-15-17(14)23-11-10-22-15)20-9-7-13(12-20)24-16-6-1-2-8-19-16/h1-6,8,13H,7,9-12H2. The van der Waals surface area contributed by atoms with Crippen molar-refractivity contribution < 1.29 is 19.0 Å². The molecule has 3 heterocycles. The zero-order chi connectivity index (χ0) is 16.4. The molecule has 2 aromatic rings. The van der Waals surface area contributed by atoms with Gasteiger partial charge in [0.1, 0.15) is 19.3 Å². The molecule has 0 radical (unpaired) electrons. The maximum absolute atomic E-state index is 12.8. The number of hydrogen-bond donors (Lipinski definition) is 0. The first-order valence-electron chi connectivity index (χ1n) is 8.07. The number of fused-ring (bicyclic) bond motifs is 1. The lowest BCUT2D eigenvalue weighted by molar-refractivity contribution is 0.0760. The number of para-hydroxylation sites is 1. The lowest BCUT2D eigenvalue weighted by Crippen LogP contribution is -2.32. The average molecular weight is 326 g/mol. The molecule has 1 aromatic heterocycles. The SMILES string of the molecule is O=C(c1cccc2c1OCCO2)N1CCC(Oc2ccccn2)C1. The van der Waals surface area contributed by atoms with E-state index in [1.807, 2.05) is 30.3 Å². The molecule has 6 nitrogen and oxygen atoms in total. The molecule has 124 valence electrons. The quantitative estimate of drug-likeness (QED) is 0.865. The van der Waals surface area contributed by atoms with Crippen LogP contribution in [0, 0.1) is 0 Å². The number of hydrogen-bond acceptors (Lipinski definition) is 5. The minimum atomic E-state index is -0.0514. The molecule has 0 bridgehead atoms. The molecule has 24 heavy (non-hydrogen) atoms. The predicted octanol–water partition coefficient (Wildman–Crippen LogP) is 2.15. The third-order valence-corrected chi connectivity index (χ3v) is 4.15. The Bertz CT molecular complexity index is 735. The Hall–Kier alpha value is -2.76. The Balaban J connectivity index is 1.46. The summed E-state index contributed by atoms with van der Waals surface area (Å²) >= 11 is 0. The van der Waals surface area contributed by atoms with Gasteiger partial charge in [0.2, 0.25) is 5.88 Å². The Labute approximate surface area is 140 Å². The summed E-state index contributed by atoms with van der Waals surface area (Å²) < 4.78 is 17.0. The van der Waals surface area contributed by atoms with Gasteiger partial charge in [0.05, 0.1) is 12.1 Å². The van der Waals surface area contributed by atoms with Gasteiger partial charge in [0.25, 0.3) is 5.91 Å². The number of aromatic nitrogens is 1. The third kappa shape index (κ3) is 2.87. The molecule has 4 rings (SSSR count). The van der Waals surface area contributed by atoms with E-state index in [-0.39, 0.29) is 12.0 Å². The molecule has 2 aliphatic rings. The molecule has 2 aliphatic heterocycles. The van der Waals surface area contributed by atoms with E-state index in [1.54, 1.807) is 17.2 Å². The number of pyridine rings is 1. The second-order valence-electron chi connectivity index (χ2n) is 5.78. The van der Waals surface area contributed by atoms with Crippen LogP contribution in [0.5, 0.6) is 17.4 Å². The summed E-state index contributed by atoms with van der Waals surface area (Å²) in [4.78, 5) is 18.8. The highest BCUT2D eigenvalue weighted by Gasteiger charge is 2.31. The van der Waals surface area contributed by atoms with Crippen LogP contribution in [0.4, 0.5) is 0 Å². The van der Waals surface area contributed by atoms with Gasteiger partial charge >= 0.3 is 0 Å². The van der Waals surface area contributed by atoms with E-state index in [0.29, 0.717) is 49.2 Å². The molecule has 1 fully saturated rings. The predicted molar refractivity (Wildman–Crippen MR) is 86.6 cm³/mol. The van der Waals surface area contributed by atoms with Gasteiger partial charge in [0.15, 0.2) is 11.5 Å². The summed E-state index contributed by atoms with van der Waals surface area (Å²) in [6.45, 7) is 2.16. The summed E-state index contributed by atoms with van der Waals surface area (Å²) in [6, 6.07) is 11.0. The van der Waals surface area contributed by atoms with Gasteiger partial charge < -0.3 is 19.1 Å². The number of amides is 1. The lowest BCUT2D eigenvalue weighted by atomic mass is 10.1. The van der Waals surface area contributed by atoms with Crippen LogP contribution in [0.3, 0.4) is 0 Å². The smallest absolute Gasteiger partial charge is 0.257 e. The molecular formula is C18H18N2O4. The fourth-order valence-electron chi connectivity index (χ4n) is 3.01. The van der Waals surface area contributed by atoms with Crippen molar-refractivity contribution in [3.05, 3.63) is 48.2 Å². The summed E-state index contributed by atoms with van der Waals surface area (Å²) in [5.41, 5.74) is 0.547. The minimum Gasteiger partial charge on any atom is -0.486 e. The molecule has 1 unspecified atom stereocenters. The first-order chi connectivity index (χ1) is 11.8. The van der Waals surface area contributed by atoms with Crippen molar-refractivity contribution >= 4 is 5.91 Å². The molecule has 1 aromatic carbocycles. The number of rotatable bonds is 3. The van der Waals surface area contributed by atoms with Crippen molar-refractivity contribution in [3.8, 4) is 17.4 Å². The van der Waals surface area contributed by atoms with Crippen LogP contribution < -0.4 is 14.2 Å². The molecule has 0 aliphatic carbocycles. The van der Waals surface area contributed by atoms with Crippen molar-refractivity contribution in [3.63, 3.8) is 0 Å². The van der Waals surface area contributed by atoms with E-state index >= 15 is 0 Å². The van der Waals surface area contributed by atoms with Gasteiger partial charge in [-0.2, -0.15) is 0 Å². The Morgan fingerprint density at radius 2 is 2.08 bits per heavy atom. The van der Waals surface area contributed by atoms with Crippen LogP contribution in [0.15, 0.2) is 42.6 Å². The monoisotopic (exact) mass is 326 g/mol. The largest absolute Gasteiger partial charge is 0.486 e. The van der Waals surface area contributed by atoms with Crippen molar-refractivity contribution in [1.82, 2.24) is 9.88 Å². The maximum Gasteiger partial charge on any atom is 0.257 e. The molecule has 1 amide bonds. The third-order valence-electron chi connectivity index (χ3n) is 4.15. The summed E-state index contributed by atoms with van der Waals surface area (Å²) in [5, 5.41) is 0. The average Bonchev–Trinajstić information content (AvgIpc) is 3.10. The number of ether oxygens (including phenoxy) is 3. The topological polar surface area (TPSA) is 60.9 Å². The van der Waals surface area contributed by atoms with Gasteiger partial charge in [0, 0.05) is 25.2 Å². The summed E-state index contributed by atoms with van der Waals surface area (Å²) in [6.07, 6.45) is 2.44. The lowest BCUT2D eigenvalue weighted by Gasteiger charge is -2.23. The Morgan fingerprint density at radius 1 is 1.17 bits per heavy atom. The summed E-state index contributed by atoms with van der Waals surface area (Å²) in [7, 11) is 0. The number of nitrogens with zero attached hydrogens (tertiary/aromatic N) is 2. The van der Waals surface area contributed by atoms with Crippen LogP contribution in [0.1, 0.15) is 16.8 Å². The van der Waals surface area contributed by atoms with Crippen LogP contribution in [-0.4, -0.2) is 48.2 Å². The number of benzene rings is 1. The van der Waals surface area contributed by atoms with Crippen molar-refractivity contribution in [2.75, 3.05) is 26.3 Å². The highest BCUT2D eigenvalue weighted by Crippen LogP contribution is 2.34.